The van der Waals surface area contributed by atoms with Gasteiger partial charge >= 0.3 is 0 Å². The van der Waals surface area contributed by atoms with E-state index in [9.17, 15) is 0 Å². The molecule has 1 N–H and O–H groups in total. The number of ether oxygens (including phenoxy) is 2. The first kappa shape index (κ1) is 16.0. The van der Waals surface area contributed by atoms with E-state index in [0.717, 1.165) is 37.6 Å². The minimum absolute atomic E-state index is 0.546. The van der Waals surface area contributed by atoms with Crippen LogP contribution in [0.2, 0.25) is 0 Å². The van der Waals surface area contributed by atoms with Gasteiger partial charge in [0, 0.05) is 37.7 Å². The van der Waals surface area contributed by atoms with Gasteiger partial charge in [-0.25, -0.2) is 0 Å². The molecule has 0 saturated carbocycles. The van der Waals surface area contributed by atoms with Crippen LogP contribution in [0.15, 0.2) is 48.8 Å². The maximum absolute atomic E-state index is 5.84. The van der Waals surface area contributed by atoms with Crippen molar-refractivity contribution >= 4 is 0 Å². The lowest BCUT2D eigenvalue weighted by atomic mass is 10.0. The minimum Gasteiger partial charge on any atom is -0.489 e. The molecule has 0 amide bonds. The third kappa shape index (κ3) is 5.34. The lowest BCUT2D eigenvalue weighted by Crippen LogP contribution is -2.28. The fourth-order valence-corrected chi connectivity index (χ4v) is 2.78. The predicted octanol–water partition coefficient (Wildman–Crippen LogP) is 3.18. The molecule has 1 aliphatic rings. The number of nitrogens with zero attached hydrogens (tertiary/aromatic N) is 1. The second-order valence-electron chi connectivity index (χ2n) is 6.01. The molecule has 1 aliphatic heterocycles. The van der Waals surface area contributed by atoms with E-state index in [2.05, 4.69) is 22.4 Å². The van der Waals surface area contributed by atoms with Gasteiger partial charge in [-0.1, -0.05) is 18.2 Å². The minimum atomic E-state index is 0.546. The van der Waals surface area contributed by atoms with Crippen molar-refractivity contribution in [2.24, 2.45) is 5.92 Å². The second-order valence-corrected chi connectivity index (χ2v) is 6.01. The summed E-state index contributed by atoms with van der Waals surface area (Å²) in [6, 6.07) is 12.2. The molecule has 2 aromatic rings. The van der Waals surface area contributed by atoms with Crippen LogP contribution >= 0.6 is 0 Å². The van der Waals surface area contributed by atoms with Crippen molar-refractivity contribution in [1.29, 1.82) is 0 Å². The van der Waals surface area contributed by atoms with E-state index in [4.69, 9.17) is 9.47 Å². The van der Waals surface area contributed by atoms with Crippen molar-refractivity contribution in [1.82, 2.24) is 10.3 Å². The molecule has 4 heteroatoms. The fourth-order valence-electron chi connectivity index (χ4n) is 2.78. The first-order valence-electron chi connectivity index (χ1n) is 8.29. The van der Waals surface area contributed by atoms with E-state index >= 15 is 0 Å². The standard InChI is InChI=1S/C19H24N2O2/c1-4-16(11-21-13-17-6-3-9-22-14-17)10-19(7-1)23-15-18-5-2-8-20-12-18/h1-2,4-5,7-8,10,12,17,21H,3,6,9,11,13-15H2. The molecule has 1 aromatic heterocycles. The highest BCUT2D eigenvalue weighted by Gasteiger charge is 2.12. The molecule has 4 nitrogen and oxygen atoms in total. The molecule has 1 saturated heterocycles. The van der Waals surface area contributed by atoms with Gasteiger partial charge < -0.3 is 14.8 Å². The van der Waals surface area contributed by atoms with E-state index in [1.165, 1.54) is 18.4 Å². The Morgan fingerprint density at radius 3 is 3.00 bits per heavy atom. The van der Waals surface area contributed by atoms with Gasteiger partial charge in [-0.15, -0.1) is 0 Å². The summed E-state index contributed by atoms with van der Waals surface area (Å²) in [5.41, 5.74) is 2.32. The monoisotopic (exact) mass is 312 g/mol. The van der Waals surface area contributed by atoms with E-state index in [0.29, 0.717) is 12.5 Å². The Balaban J connectivity index is 1.45. The summed E-state index contributed by atoms with van der Waals surface area (Å²) in [6.45, 7) is 4.24. The molecule has 2 heterocycles. The molecular weight excluding hydrogens is 288 g/mol. The number of pyridine rings is 1. The van der Waals surface area contributed by atoms with Crippen LogP contribution in [0.3, 0.4) is 0 Å². The molecule has 23 heavy (non-hydrogen) atoms. The van der Waals surface area contributed by atoms with Crippen LogP contribution in [0.5, 0.6) is 5.75 Å². The Hall–Kier alpha value is -1.91. The number of benzene rings is 1. The summed E-state index contributed by atoms with van der Waals surface area (Å²) >= 11 is 0. The molecule has 3 rings (SSSR count). The Bertz CT molecular complexity index is 583. The Morgan fingerprint density at radius 1 is 1.22 bits per heavy atom. The summed E-state index contributed by atoms with van der Waals surface area (Å²) in [7, 11) is 0. The lowest BCUT2D eigenvalue weighted by molar-refractivity contribution is 0.0547. The zero-order chi connectivity index (χ0) is 15.7. The number of rotatable bonds is 7. The highest BCUT2D eigenvalue weighted by atomic mass is 16.5. The maximum atomic E-state index is 5.84. The SMILES string of the molecule is c1cncc(COc2cccc(CNCC3CCCOC3)c2)c1. The first-order valence-corrected chi connectivity index (χ1v) is 8.29. The molecular formula is C19H24N2O2. The summed E-state index contributed by atoms with van der Waals surface area (Å²) in [4.78, 5) is 4.10. The average molecular weight is 312 g/mol. The quantitative estimate of drug-likeness (QED) is 0.853. The number of hydrogen-bond acceptors (Lipinski definition) is 4. The van der Waals surface area contributed by atoms with Crippen LogP contribution in [0.25, 0.3) is 0 Å². The van der Waals surface area contributed by atoms with Gasteiger partial charge in [-0.2, -0.15) is 0 Å². The molecule has 1 aromatic carbocycles. The van der Waals surface area contributed by atoms with Crippen LogP contribution in [0.4, 0.5) is 0 Å². The Kier molecular flexibility index (Phi) is 6.01. The third-order valence-electron chi connectivity index (χ3n) is 4.04. The van der Waals surface area contributed by atoms with E-state index < -0.39 is 0 Å². The summed E-state index contributed by atoms with van der Waals surface area (Å²) in [5, 5.41) is 3.53. The summed E-state index contributed by atoms with van der Waals surface area (Å²) in [6.07, 6.45) is 6.05. The van der Waals surface area contributed by atoms with Crippen molar-refractivity contribution in [2.75, 3.05) is 19.8 Å². The average Bonchev–Trinajstić information content (AvgIpc) is 2.62. The molecule has 0 bridgehead atoms. The van der Waals surface area contributed by atoms with Gasteiger partial charge in [0.05, 0.1) is 6.61 Å². The van der Waals surface area contributed by atoms with Crippen LogP contribution in [0.1, 0.15) is 24.0 Å². The zero-order valence-electron chi connectivity index (χ0n) is 13.4. The van der Waals surface area contributed by atoms with E-state index in [1.54, 1.807) is 6.20 Å². The van der Waals surface area contributed by atoms with Crippen molar-refractivity contribution in [2.45, 2.75) is 26.0 Å². The van der Waals surface area contributed by atoms with Gasteiger partial charge in [0.1, 0.15) is 12.4 Å². The van der Waals surface area contributed by atoms with Gasteiger partial charge in [0.15, 0.2) is 0 Å². The van der Waals surface area contributed by atoms with E-state index in [1.807, 2.05) is 30.5 Å². The van der Waals surface area contributed by atoms with Crippen molar-refractivity contribution in [3.8, 4) is 5.75 Å². The number of hydrogen-bond donors (Lipinski definition) is 1. The molecule has 1 atom stereocenters. The molecule has 0 aliphatic carbocycles. The van der Waals surface area contributed by atoms with E-state index in [-0.39, 0.29) is 0 Å². The number of nitrogens with one attached hydrogen (secondary N) is 1. The lowest BCUT2D eigenvalue weighted by Gasteiger charge is -2.22. The van der Waals surface area contributed by atoms with Gasteiger partial charge in [-0.3, -0.25) is 4.98 Å². The predicted molar refractivity (Wildman–Crippen MR) is 90.3 cm³/mol. The van der Waals surface area contributed by atoms with Crippen molar-refractivity contribution in [3.63, 3.8) is 0 Å². The topological polar surface area (TPSA) is 43.4 Å². The highest BCUT2D eigenvalue weighted by molar-refractivity contribution is 5.28. The van der Waals surface area contributed by atoms with Crippen LogP contribution < -0.4 is 10.1 Å². The maximum Gasteiger partial charge on any atom is 0.120 e. The first-order chi connectivity index (χ1) is 11.4. The van der Waals surface area contributed by atoms with Crippen LogP contribution in [0, 0.1) is 5.92 Å². The number of aromatic nitrogens is 1. The van der Waals surface area contributed by atoms with Gasteiger partial charge in [0.25, 0.3) is 0 Å². The molecule has 1 fully saturated rings. The van der Waals surface area contributed by atoms with Crippen LogP contribution in [-0.2, 0) is 17.9 Å². The Morgan fingerprint density at radius 2 is 2.17 bits per heavy atom. The summed E-state index contributed by atoms with van der Waals surface area (Å²) < 4.78 is 11.4. The normalized spacial score (nSPS) is 17.8. The zero-order valence-corrected chi connectivity index (χ0v) is 13.4. The van der Waals surface area contributed by atoms with Crippen molar-refractivity contribution in [3.05, 3.63) is 59.9 Å². The fraction of sp³-hybridized carbons (Fsp3) is 0.421. The molecule has 0 radical (unpaired) electrons. The summed E-state index contributed by atoms with van der Waals surface area (Å²) in [5.74, 6) is 1.54. The second kappa shape index (κ2) is 8.65. The molecule has 0 spiro atoms. The molecule has 122 valence electrons. The molecule has 1 unspecified atom stereocenters. The highest BCUT2D eigenvalue weighted by Crippen LogP contribution is 2.16. The smallest absolute Gasteiger partial charge is 0.120 e. The van der Waals surface area contributed by atoms with Gasteiger partial charge in [-0.05, 0) is 42.5 Å². The van der Waals surface area contributed by atoms with Crippen molar-refractivity contribution < 1.29 is 9.47 Å². The largest absolute Gasteiger partial charge is 0.489 e. The Labute approximate surface area is 137 Å². The third-order valence-corrected chi connectivity index (χ3v) is 4.04. The van der Waals surface area contributed by atoms with Gasteiger partial charge in [0.2, 0.25) is 0 Å². The van der Waals surface area contributed by atoms with Crippen LogP contribution in [-0.4, -0.2) is 24.7 Å².